The van der Waals surface area contributed by atoms with Crippen LogP contribution in [0.15, 0.2) is 42.5 Å². The quantitative estimate of drug-likeness (QED) is 0.808. The van der Waals surface area contributed by atoms with Gasteiger partial charge in [0.05, 0.1) is 13.2 Å². The molecule has 24 heavy (non-hydrogen) atoms. The summed E-state index contributed by atoms with van der Waals surface area (Å²) < 4.78 is 21.4. The fourth-order valence-corrected chi connectivity index (χ4v) is 3.14. The maximum Gasteiger partial charge on any atom is 0.259 e. The molecule has 1 amide bonds. The van der Waals surface area contributed by atoms with Crippen molar-refractivity contribution in [3.63, 3.8) is 0 Å². The number of fused-ring (bicyclic) bond motifs is 1. The number of carbonyl (C=O) groups is 1. The Morgan fingerprint density at radius 3 is 2.50 bits per heavy atom. The van der Waals surface area contributed by atoms with E-state index >= 15 is 0 Å². The third-order valence-corrected chi connectivity index (χ3v) is 4.39. The highest BCUT2D eigenvalue weighted by Gasteiger charge is 2.49. The number of carbonyl (C=O) groups excluding carboxylic acids is 1. The molecule has 2 aromatic carbocycles. The first-order valence-electron chi connectivity index (χ1n) is 7.62. The monoisotopic (exact) mass is 327 g/mol. The second-order valence-electron chi connectivity index (χ2n) is 5.62. The van der Waals surface area contributed by atoms with E-state index in [1.54, 1.807) is 19.1 Å². The fraction of sp³-hybridized carbons (Fsp3) is 0.278. The molecule has 0 bridgehead atoms. The standard InChI is InChI=1S/C18H17NO5/c1-21-13-6-4-12(5-7-13)19-16(17(22-2)18(19)20)11-3-8-14-15(9-11)24-10-23-14/h3-9,16-17H,10H2,1-2H3/t16-,17+/m1/s1. The third-order valence-electron chi connectivity index (χ3n) is 4.39. The normalized spacial score (nSPS) is 21.6. The number of anilines is 1. The number of methoxy groups -OCH3 is 2. The van der Waals surface area contributed by atoms with Gasteiger partial charge in [-0.25, -0.2) is 0 Å². The minimum atomic E-state index is -0.507. The van der Waals surface area contributed by atoms with Crippen LogP contribution in [0.2, 0.25) is 0 Å². The lowest BCUT2D eigenvalue weighted by Gasteiger charge is -2.46. The van der Waals surface area contributed by atoms with Crippen LogP contribution in [0.1, 0.15) is 11.6 Å². The summed E-state index contributed by atoms with van der Waals surface area (Å²) in [5, 5.41) is 0. The van der Waals surface area contributed by atoms with E-state index in [1.165, 1.54) is 0 Å². The van der Waals surface area contributed by atoms with E-state index in [9.17, 15) is 4.79 Å². The van der Waals surface area contributed by atoms with Gasteiger partial charge in [-0.05, 0) is 42.0 Å². The number of amides is 1. The van der Waals surface area contributed by atoms with Gasteiger partial charge in [-0.1, -0.05) is 6.07 Å². The first-order chi connectivity index (χ1) is 11.7. The summed E-state index contributed by atoms with van der Waals surface area (Å²) >= 11 is 0. The van der Waals surface area contributed by atoms with E-state index in [4.69, 9.17) is 18.9 Å². The maximum atomic E-state index is 12.5. The number of hydrogen-bond donors (Lipinski definition) is 0. The second-order valence-corrected chi connectivity index (χ2v) is 5.62. The van der Waals surface area contributed by atoms with Crippen LogP contribution in [-0.4, -0.2) is 33.0 Å². The lowest BCUT2D eigenvalue weighted by molar-refractivity contribution is -0.139. The number of nitrogens with zero attached hydrogens (tertiary/aromatic N) is 1. The largest absolute Gasteiger partial charge is 0.497 e. The molecule has 0 aromatic heterocycles. The van der Waals surface area contributed by atoms with Gasteiger partial charge in [0.1, 0.15) is 5.75 Å². The van der Waals surface area contributed by atoms with Crippen molar-refractivity contribution in [1.29, 1.82) is 0 Å². The lowest BCUT2D eigenvalue weighted by Crippen LogP contribution is -2.59. The number of β-lactam (4-membered cyclic amide) rings is 1. The Morgan fingerprint density at radius 1 is 1.04 bits per heavy atom. The Bertz CT molecular complexity index is 773. The van der Waals surface area contributed by atoms with Gasteiger partial charge < -0.3 is 18.9 Å². The lowest BCUT2D eigenvalue weighted by atomic mass is 9.89. The Kier molecular flexibility index (Phi) is 3.54. The number of benzene rings is 2. The molecule has 0 spiro atoms. The molecule has 0 N–H and O–H groups in total. The molecule has 2 aliphatic heterocycles. The second kappa shape index (κ2) is 5.72. The highest BCUT2D eigenvalue weighted by molar-refractivity contribution is 6.05. The molecule has 1 fully saturated rings. The van der Waals surface area contributed by atoms with E-state index in [0.717, 1.165) is 22.7 Å². The number of rotatable bonds is 4. The van der Waals surface area contributed by atoms with Gasteiger partial charge in [-0.3, -0.25) is 9.69 Å². The van der Waals surface area contributed by atoms with E-state index in [0.29, 0.717) is 5.75 Å². The first kappa shape index (κ1) is 14.8. The Balaban J connectivity index is 1.69. The molecule has 0 radical (unpaired) electrons. The molecule has 2 heterocycles. The summed E-state index contributed by atoms with van der Waals surface area (Å²) in [4.78, 5) is 14.2. The van der Waals surface area contributed by atoms with Crippen molar-refractivity contribution in [3.8, 4) is 17.2 Å². The smallest absolute Gasteiger partial charge is 0.259 e. The van der Waals surface area contributed by atoms with Crippen molar-refractivity contribution in [3.05, 3.63) is 48.0 Å². The summed E-state index contributed by atoms with van der Waals surface area (Å²) in [5.74, 6) is 2.09. The van der Waals surface area contributed by atoms with Crippen LogP contribution >= 0.6 is 0 Å². The molecule has 2 aliphatic rings. The van der Waals surface area contributed by atoms with Crippen LogP contribution in [0.25, 0.3) is 0 Å². The zero-order valence-electron chi connectivity index (χ0n) is 13.4. The molecule has 1 saturated heterocycles. The van der Waals surface area contributed by atoms with Crippen LogP contribution in [0.4, 0.5) is 5.69 Å². The third kappa shape index (κ3) is 2.18. The SMILES string of the molecule is COc1ccc(N2C(=O)[C@@H](OC)[C@H]2c2ccc3c(c2)OCO3)cc1. The van der Waals surface area contributed by atoms with Crippen LogP contribution < -0.4 is 19.1 Å². The molecule has 6 nitrogen and oxygen atoms in total. The molecule has 0 saturated carbocycles. The molecule has 0 unspecified atom stereocenters. The topological polar surface area (TPSA) is 57.2 Å². The molecule has 0 aliphatic carbocycles. The summed E-state index contributed by atoms with van der Waals surface area (Å²) in [5.41, 5.74) is 1.75. The molecule has 6 heteroatoms. The van der Waals surface area contributed by atoms with Crippen LogP contribution in [0, 0.1) is 0 Å². The highest BCUT2D eigenvalue weighted by Crippen LogP contribution is 2.44. The van der Waals surface area contributed by atoms with Gasteiger partial charge in [0.2, 0.25) is 6.79 Å². The van der Waals surface area contributed by atoms with Crippen molar-refractivity contribution >= 4 is 11.6 Å². The van der Waals surface area contributed by atoms with Gasteiger partial charge in [0, 0.05) is 12.8 Å². The first-order valence-corrected chi connectivity index (χ1v) is 7.62. The zero-order chi connectivity index (χ0) is 16.7. The minimum Gasteiger partial charge on any atom is -0.497 e. The van der Waals surface area contributed by atoms with Gasteiger partial charge in [0.15, 0.2) is 17.6 Å². The van der Waals surface area contributed by atoms with Crippen molar-refractivity contribution in [2.75, 3.05) is 25.9 Å². The summed E-state index contributed by atoms with van der Waals surface area (Å²) in [7, 11) is 3.16. The van der Waals surface area contributed by atoms with Gasteiger partial charge in [-0.15, -0.1) is 0 Å². The van der Waals surface area contributed by atoms with Crippen LogP contribution in [0.5, 0.6) is 17.2 Å². The van der Waals surface area contributed by atoms with Crippen LogP contribution in [-0.2, 0) is 9.53 Å². The fourth-order valence-electron chi connectivity index (χ4n) is 3.14. The predicted molar refractivity (Wildman–Crippen MR) is 86.6 cm³/mol. The Morgan fingerprint density at radius 2 is 1.79 bits per heavy atom. The molecule has 2 atom stereocenters. The summed E-state index contributed by atoms with van der Waals surface area (Å²) in [6, 6.07) is 12.9. The molecule has 4 rings (SSSR count). The molecular formula is C18H17NO5. The Hall–Kier alpha value is -2.73. The van der Waals surface area contributed by atoms with Gasteiger partial charge in [0.25, 0.3) is 5.91 Å². The van der Waals surface area contributed by atoms with Gasteiger partial charge in [-0.2, -0.15) is 0 Å². The molecular weight excluding hydrogens is 310 g/mol. The van der Waals surface area contributed by atoms with Crippen molar-refractivity contribution in [1.82, 2.24) is 0 Å². The highest BCUT2D eigenvalue weighted by atomic mass is 16.7. The number of hydrogen-bond acceptors (Lipinski definition) is 5. The van der Waals surface area contributed by atoms with Crippen molar-refractivity contribution in [2.45, 2.75) is 12.1 Å². The van der Waals surface area contributed by atoms with Crippen LogP contribution in [0.3, 0.4) is 0 Å². The van der Waals surface area contributed by atoms with Gasteiger partial charge >= 0.3 is 0 Å². The minimum absolute atomic E-state index is 0.0645. The van der Waals surface area contributed by atoms with E-state index in [-0.39, 0.29) is 18.7 Å². The predicted octanol–water partition coefficient (Wildman–Crippen LogP) is 2.53. The van der Waals surface area contributed by atoms with E-state index in [2.05, 4.69) is 0 Å². The zero-order valence-corrected chi connectivity index (χ0v) is 13.4. The van der Waals surface area contributed by atoms with Crippen molar-refractivity contribution in [2.24, 2.45) is 0 Å². The number of ether oxygens (including phenoxy) is 4. The molecule has 2 aromatic rings. The maximum absolute atomic E-state index is 12.5. The average Bonchev–Trinajstić information content (AvgIpc) is 3.08. The van der Waals surface area contributed by atoms with Crippen molar-refractivity contribution < 1.29 is 23.7 Å². The van der Waals surface area contributed by atoms with E-state index < -0.39 is 6.10 Å². The summed E-state index contributed by atoms with van der Waals surface area (Å²) in [6.45, 7) is 0.221. The van der Waals surface area contributed by atoms with E-state index in [1.807, 2.05) is 42.5 Å². The molecule has 124 valence electrons. The summed E-state index contributed by atoms with van der Waals surface area (Å²) in [6.07, 6.45) is -0.507. The average molecular weight is 327 g/mol. The Labute approximate surface area is 139 Å².